The van der Waals surface area contributed by atoms with E-state index < -0.39 is 0 Å². The van der Waals surface area contributed by atoms with Crippen LogP contribution in [0.1, 0.15) is 23.0 Å². The lowest BCUT2D eigenvalue weighted by molar-refractivity contribution is 0.0930. The molecule has 1 amide bonds. The van der Waals surface area contributed by atoms with Gasteiger partial charge in [-0.15, -0.1) is 0 Å². The molecule has 0 aliphatic rings. The van der Waals surface area contributed by atoms with Gasteiger partial charge in [-0.05, 0) is 32.0 Å². The molecule has 18 heavy (non-hydrogen) atoms. The van der Waals surface area contributed by atoms with Crippen LogP contribution in [0.2, 0.25) is 5.02 Å². The van der Waals surface area contributed by atoms with Crippen molar-refractivity contribution in [1.82, 2.24) is 5.32 Å². The first-order valence-electron chi connectivity index (χ1n) is 5.60. The fourth-order valence-corrected chi connectivity index (χ4v) is 1.89. The summed E-state index contributed by atoms with van der Waals surface area (Å²) in [4.78, 5) is 11.9. The van der Waals surface area contributed by atoms with Gasteiger partial charge in [0, 0.05) is 22.5 Å². The zero-order valence-electron chi connectivity index (χ0n) is 10.3. The van der Waals surface area contributed by atoms with Crippen molar-refractivity contribution in [1.29, 1.82) is 0 Å². The van der Waals surface area contributed by atoms with Crippen LogP contribution in [0.4, 0.5) is 0 Å². The Balaban J connectivity index is 2.36. The third-order valence-corrected chi connectivity index (χ3v) is 2.89. The minimum absolute atomic E-state index is 0.233. The standard InChI is InChI=1S/C14H14ClNO2/c1-8(2)7-16-14(17)13-9(3)11-6-10(15)4-5-12(11)18-13/h4-6H,1,7H2,2-3H3,(H,16,17). The smallest absolute Gasteiger partial charge is 0.287 e. The molecule has 0 aliphatic heterocycles. The molecule has 0 spiro atoms. The van der Waals surface area contributed by atoms with Crippen molar-refractivity contribution in [2.75, 3.05) is 6.54 Å². The van der Waals surface area contributed by atoms with E-state index in [-0.39, 0.29) is 5.91 Å². The number of hydrogen-bond acceptors (Lipinski definition) is 2. The molecular formula is C14H14ClNO2. The zero-order valence-corrected chi connectivity index (χ0v) is 11.1. The van der Waals surface area contributed by atoms with Crippen molar-refractivity contribution in [3.8, 4) is 0 Å². The minimum atomic E-state index is -0.233. The number of furan rings is 1. The van der Waals surface area contributed by atoms with E-state index in [1.807, 2.05) is 13.8 Å². The predicted molar refractivity (Wildman–Crippen MR) is 73.1 cm³/mol. The van der Waals surface area contributed by atoms with E-state index in [2.05, 4.69) is 11.9 Å². The fraction of sp³-hybridized carbons (Fsp3) is 0.214. The lowest BCUT2D eigenvalue weighted by Gasteiger charge is -2.02. The summed E-state index contributed by atoms with van der Waals surface area (Å²) in [5, 5.41) is 4.24. The van der Waals surface area contributed by atoms with Gasteiger partial charge >= 0.3 is 0 Å². The lowest BCUT2D eigenvalue weighted by Crippen LogP contribution is -2.24. The van der Waals surface area contributed by atoms with Crippen molar-refractivity contribution in [3.63, 3.8) is 0 Å². The maximum absolute atomic E-state index is 11.9. The maximum Gasteiger partial charge on any atom is 0.287 e. The van der Waals surface area contributed by atoms with E-state index >= 15 is 0 Å². The highest BCUT2D eigenvalue weighted by molar-refractivity contribution is 6.31. The topological polar surface area (TPSA) is 42.2 Å². The van der Waals surface area contributed by atoms with Crippen LogP contribution in [0.5, 0.6) is 0 Å². The summed E-state index contributed by atoms with van der Waals surface area (Å²) in [5.74, 6) is 0.0938. The van der Waals surface area contributed by atoms with Gasteiger partial charge in [-0.2, -0.15) is 0 Å². The first kappa shape index (κ1) is 12.7. The summed E-state index contributed by atoms with van der Waals surface area (Å²) in [6.45, 7) is 7.87. The van der Waals surface area contributed by atoms with Crippen molar-refractivity contribution < 1.29 is 9.21 Å². The Morgan fingerprint density at radius 2 is 2.22 bits per heavy atom. The van der Waals surface area contributed by atoms with Gasteiger partial charge in [-0.3, -0.25) is 4.79 Å². The maximum atomic E-state index is 11.9. The number of benzene rings is 1. The van der Waals surface area contributed by atoms with E-state index in [1.165, 1.54) is 0 Å². The highest BCUT2D eigenvalue weighted by Crippen LogP contribution is 2.27. The Hall–Kier alpha value is -1.74. The number of rotatable bonds is 3. The Bertz CT molecular complexity index is 628. The molecular weight excluding hydrogens is 250 g/mol. The Morgan fingerprint density at radius 1 is 1.50 bits per heavy atom. The number of fused-ring (bicyclic) bond motifs is 1. The molecule has 0 saturated carbocycles. The molecule has 94 valence electrons. The molecule has 1 aromatic heterocycles. The summed E-state index contributed by atoms with van der Waals surface area (Å²) in [5.41, 5.74) is 2.35. The van der Waals surface area contributed by atoms with E-state index in [1.54, 1.807) is 18.2 Å². The van der Waals surface area contributed by atoms with Gasteiger partial charge < -0.3 is 9.73 Å². The molecule has 0 bridgehead atoms. The molecule has 4 heteroatoms. The van der Waals surface area contributed by atoms with E-state index in [4.69, 9.17) is 16.0 Å². The number of carbonyl (C=O) groups excluding carboxylic acids is 1. The van der Waals surface area contributed by atoms with Crippen molar-refractivity contribution in [2.45, 2.75) is 13.8 Å². The first-order valence-corrected chi connectivity index (χ1v) is 5.98. The number of hydrogen-bond donors (Lipinski definition) is 1. The second kappa shape index (κ2) is 4.86. The van der Waals surface area contributed by atoms with Crippen LogP contribution >= 0.6 is 11.6 Å². The van der Waals surface area contributed by atoms with Gasteiger partial charge in [0.2, 0.25) is 0 Å². The second-order valence-corrected chi connectivity index (χ2v) is 4.77. The molecule has 1 aromatic carbocycles. The van der Waals surface area contributed by atoms with Crippen LogP contribution in [0.3, 0.4) is 0 Å². The molecule has 1 N–H and O–H groups in total. The zero-order chi connectivity index (χ0) is 13.3. The van der Waals surface area contributed by atoms with Crippen molar-refractivity contribution >= 4 is 28.5 Å². The van der Waals surface area contributed by atoms with Gasteiger partial charge in [-0.1, -0.05) is 23.8 Å². The third kappa shape index (κ3) is 2.41. The van der Waals surface area contributed by atoms with Crippen LogP contribution < -0.4 is 5.32 Å². The highest BCUT2D eigenvalue weighted by Gasteiger charge is 2.17. The van der Waals surface area contributed by atoms with E-state index in [0.717, 1.165) is 16.5 Å². The Morgan fingerprint density at radius 3 is 2.89 bits per heavy atom. The summed E-state index contributed by atoms with van der Waals surface area (Å²) in [7, 11) is 0. The average Bonchev–Trinajstić information content (AvgIpc) is 2.64. The molecule has 0 atom stereocenters. The van der Waals surface area contributed by atoms with Crippen LogP contribution in [0.25, 0.3) is 11.0 Å². The number of halogens is 1. The summed E-state index contributed by atoms with van der Waals surface area (Å²) in [6.07, 6.45) is 0. The normalized spacial score (nSPS) is 10.6. The van der Waals surface area contributed by atoms with Gasteiger partial charge in [-0.25, -0.2) is 0 Å². The molecule has 1 heterocycles. The Labute approximate surface area is 110 Å². The quantitative estimate of drug-likeness (QED) is 0.858. The number of carbonyl (C=O) groups is 1. The fourth-order valence-electron chi connectivity index (χ4n) is 1.72. The van der Waals surface area contributed by atoms with E-state index in [0.29, 0.717) is 22.9 Å². The predicted octanol–water partition coefficient (Wildman–Crippen LogP) is 3.70. The van der Waals surface area contributed by atoms with Crippen LogP contribution in [0, 0.1) is 6.92 Å². The first-order chi connectivity index (χ1) is 8.49. The molecule has 2 aromatic rings. The minimum Gasteiger partial charge on any atom is -0.451 e. The molecule has 2 rings (SSSR count). The number of amides is 1. The average molecular weight is 264 g/mol. The van der Waals surface area contributed by atoms with Crippen molar-refractivity contribution in [3.05, 3.63) is 46.7 Å². The number of nitrogens with one attached hydrogen (secondary N) is 1. The molecule has 0 fully saturated rings. The third-order valence-electron chi connectivity index (χ3n) is 2.66. The van der Waals surface area contributed by atoms with Crippen LogP contribution in [0.15, 0.2) is 34.8 Å². The molecule has 0 aliphatic carbocycles. The monoisotopic (exact) mass is 263 g/mol. The summed E-state index contributed by atoms with van der Waals surface area (Å²) >= 11 is 5.93. The largest absolute Gasteiger partial charge is 0.451 e. The highest BCUT2D eigenvalue weighted by atomic mass is 35.5. The summed E-state index contributed by atoms with van der Waals surface area (Å²) < 4.78 is 5.55. The molecule has 0 saturated heterocycles. The second-order valence-electron chi connectivity index (χ2n) is 4.34. The molecule has 3 nitrogen and oxygen atoms in total. The van der Waals surface area contributed by atoms with E-state index in [9.17, 15) is 4.79 Å². The summed E-state index contributed by atoms with van der Waals surface area (Å²) in [6, 6.07) is 5.30. The molecule has 0 radical (unpaired) electrons. The van der Waals surface area contributed by atoms with Gasteiger partial charge in [0.25, 0.3) is 5.91 Å². The van der Waals surface area contributed by atoms with Crippen LogP contribution in [-0.4, -0.2) is 12.5 Å². The SMILES string of the molecule is C=C(C)CNC(=O)c1oc2ccc(Cl)cc2c1C. The van der Waals surface area contributed by atoms with Crippen molar-refractivity contribution in [2.24, 2.45) is 0 Å². The number of aryl methyl sites for hydroxylation is 1. The van der Waals surface area contributed by atoms with Gasteiger partial charge in [0.1, 0.15) is 5.58 Å². The molecule has 0 unspecified atom stereocenters. The van der Waals surface area contributed by atoms with Gasteiger partial charge in [0.15, 0.2) is 5.76 Å². The van der Waals surface area contributed by atoms with Crippen LogP contribution in [-0.2, 0) is 0 Å². The Kier molecular flexibility index (Phi) is 3.43. The van der Waals surface area contributed by atoms with Gasteiger partial charge in [0.05, 0.1) is 0 Å². The lowest BCUT2D eigenvalue weighted by atomic mass is 10.1.